The molecule has 3 nitrogen and oxygen atoms in total. The number of nitrogens with one attached hydrogen (secondary N) is 1. The Labute approximate surface area is 95.9 Å². The maximum atomic E-state index is 5.43. The standard InChI is InChI=1S/C11H20N2OS/c1-7(12-5)9-8(2)13-10(15-9)11(3,4)14-6/h7,12H,1-6H3. The summed E-state index contributed by atoms with van der Waals surface area (Å²) in [5, 5.41) is 4.28. The summed E-state index contributed by atoms with van der Waals surface area (Å²) in [6.45, 7) is 8.27. The van der Waals surface area contributed by atoms with Gasteiger partial charge in [0.25, 0.3) is 0 Å². The van der Waals surface area contributed by atoms with E-state index in [1.165, 1.54) is 4.88 Å². The summed E-state index contributed by atoms with van der Waals surface area (Å²) in [6, 6.07) is 0.351. The van der Waals surface area contributed by atoms with E-state index in [0.29, 0.717) is 6.04 Å². The van der Waals surface area contributed by atoms with Crippen LogP contribution in [-0.4, -0.2) is 19.1 Å². The fraction of sp³-hybridized carbons (Fsp3) is 0.727. The minimum atomic E-state index is -0.291. The lowest BCUT2D eigenvalue weighted by molar-refractivity contribution is 0.0189. The molecule has 0 spiro atoms. The Morgan fingerprint density at radius 3 is 2.53 bits per heavy atom. The summed E-state index contributed by atoms with van der Waals surface area (Å²) >= 11 is 1.73. The van der Waals surface area contributed by atoms with Gasteiger partial charge in [-0.2, -0.15) is 0 Å². The third-order valence-corrected chi connectivity index (χ3v) is 4.33. The number of methoxy groups -OCH3 is 1. The number of ether oxygens (including phenoxy) is 1. The average Bonchev–Trinajstić information content (AvgIpc) is 2.60. The Morgan fingerprint density at radius 1 is 1.47 bits per heavy atom. The van der Waals surface area contributed by atoms with Crippen LogP contribution in [0.1, 0.15) is 42.4 Å². The molecular weight excluding hydrogens is 208 g/mol. The molecular formula is C11H20N2OS. The fourth-order valence-corrected chi connectivity index (χ4v) is 2.49. The lowest BCUT2D eigenvalue weighted by Gasteiger charge is -2.19. The molecule has 0 aliphatic carbocycles. The normalized spacial score (nSPS) is 14.3. The van der Waals surface area contributed by atoms with E-state index in [4.69, 9.17) is 4.74 Å². The van der Waals surface area contributed by atoms with Crippen molar-refractivity contribution in [3.05, 3.63) is 15.6 Å². The van der Waals surface area contributed by atoms with E-state index in [0.717, 1.165) is 10.7 Å². The highest BCUT2D eigenvalue weighted by molar-refractivity contribution is 7.12. The molecule has 15 heavy (non-hydrogen) atoms. The number of rotatable bonds is 4. The molecule has 0 radical (unpaired) electrons. The number of hydrogen-bond donors (Lipinski definition) is 1. The third-order valence-electron chi connectivity index (χ3n) is 2.68. The molecule has 0 fully saturated rings. The second-order valence-electron chi connectivity index (χ2n) is 4.19. The van der Waals surface area contributed by atoms with Gasteiger partial charge in [-0.25, -0.2) is 4.98 Å². The van der Waals surface area contributed by atoms with Crippen LogP contribution in [0.4, 0.5) is 0 Å². The maximum Gasteiger partial charge on any atom is 0.125 e. The fourth-order valence-electron chi connectivity index (χ4n) is 1.29. The lowest BCUT2D eigenvalue weighted by Crippen LogP contribution is -2.18. The summed E-state index contributed by atoms with van der Waals surface area (Å²) in [4.78, 5) is 5.87. The van der Waals surface area contributed by atoms with Crippen molar-refractivity contribution in [3.63, 3.8) is 0 Å². The second kappa shape index (κ2) is 4.60. The zero-order valence-electron chi connectivity index (χ0n) is 10.3. The van der Waals surface area contributed by atoms with Gasteiger partial charge >= 0.3 is 0 Å². The number of aryl methyl sites for hydroxylation is 1. The van der Waals surface area contributed by atoms with Crippen LogP contribution >= 0.6 is 11.3 Å². The van der Waals surface area contributed by atoms with Crippen LogP contribution in [0.15, 0.2) is 0 Å². The van der Waals surface area contributed by atoms with Gasteiger partial charge in [-0.05, 0) is 34.7 Å². The number of hydrogen-bond acceptors (Lipinski definition) is 4. The highest BCUT2D eigenvalue weighted by Gasteiger charge is 2.25. The van der Waals surface area contributed by atoms with Crippen molar-refractivity contribution in [2.45, 2.75) is 39.3 Å². The van der Waals surface area contributed by atoms with Crippen LogP contribution < -0.4 is 5.32 Å². The van der Waals surface area contributed by atoms with Gasteiger partial charge < -0.3 is 10.1 Å². The van der Waals surface area contributed by atoms with E-state index in [1.807, 2.05) is 20.9 Å². The van der Waals surface area contributed by atoms with Crippen molar-refractivity contribution >= 4 is 11.3 Å². The van der Waals surface area contributed by atoms with E-state index in [2.05, 4.69) is 24.1 Å². The molecule has 86 valence electrons. The van der Waals surface area contributed by atoms with Crippen molar-refractivity contribution in [2.75, 3.05) is 14.2 Å². The molecule has 0 amide bonds. The third kappa shape index (κ3) is 2.56. The average molecular weight is 228 g/mol. The molecule has 0 bridgehead atoms. The predicted molar refractivity (Wildman–Crippen MR) is 64.4 cm³/mol. The molecule has 1 atom stereocenters. The first kappa shape index (κ1) is 12.6. The largest absolute Gasteiger partial charge is 0.372 e. The van der Waals surface area contributed by atoms with Gasteiger partial charge in [0.1, 0.15) is 10.6 Å². The Bertz CT molecular complexity index is 333. The van der Waals surface area contributed by atoms with Gasteiger partial charge in [-0.1, -0.05) is 0 Å². The van der Waals surface area contributed by atoms with Crippen LogP contribution in [0.5, 0.6) is 0 Å². The minimum Gasteiger partial charge on any atom is -0.372 e. The smallest absolute Gasteiger partial charge is 0.125 e. The predicted octanol–water partition coefficient (Wildman–Crippen LogP) is 2.61. The molecule has 0 aliphatic rings. The van der Waals surface area contributed by atoms with Crippen molar-refractivity contribution in [1.82, 2.24) is 10.3 Å². The number of thiazole rings is 1. The van der Waals surface area contributed by atoms with Crippen LogP contribution in [0.3, 0.4) is 0 Å². The Balaban J connectivity index is 3.05. The molecule has 1 heterocycles. The lowest BCUT2D eigenvalue weighted by atomic mass is 10.1. The molecule has 0 aliphatic heterocycles. The molecule has 0 saturated heterocycles. The van der Waals surface area contributed by atoms with E-state index in [-0.39, 0.29) is 5.60 Å². The van der Waals surface area contributed by atoms with Crippen molar-refractivity contribution in [1.29, 1.82) is 0 Å². The molecule has 4 heteroatoms. The van der Waals surface area contributed by atoms with Crippen LogP contribution in [0.2, 0.25) is 0 Å². The molecule has 1 rings (SSSR count). The van der Waals surface area contributed by atoms with Crippen LogP contribution in [-0.2, 0) is 10.3 Å². The Morgan fingerprint density at radius 2 is 2.07 bits per heavy atom. The van der Waals surface area contributed by atoms with Gasteiger partial charge in [0.2, 0.25) is 0 Å². The van der Waals surface area contributed by atoms with Crippen molar-refractivity contribution < 1.29 is 4.74 Å². The molecule has 1 unspecified atom stereocenters. The summed E-state index contributed by atoms with van der Waals surface area (Å²) in [6.07, 6.45) is 0. The van der Waals surface area contributed by atoms with Crippen molar-refractivity contribution in [3.8, 4) is 0 Å². The van der Waals surface area contributed by atoms with Crippen molar-refractivity contribution in [2.24, 2.45) is 0 Å². The Hall–Kier alpha value is -0.450. The first-order chi connectivity index (χ1) is 6.92. The SMILES string of the molecule is CNC(C)c1sc(C(C)(C)OC)nc1C. The van der Waals surface area contributed by atoms with Gasteiger partial charge in [0.05, 0.1) is 5.69 Å². The number of nitrogens with zero attached hydrogens (tertiary/aromatic N) is 1. The minimum absolute atomic E-state index is 0.291. The van der Waals surface area contributed by atoms with Gasteiger partial charge in [-0.15, -0.1) is 11.3 Å². The molecule has 0 saturated carbocycles. The summed E-state index contributed by atoms with van der Waals surface area (Å²) in [5.41, 5.74) is 0.809. The van der Waals surface area contributed by atoms with Gasteiger partial charge in [0, 0.05) is 18.0 Å². The highest BCUT2D eigenvalue weighted by atomic mass is 32.1. The first-order valence-corrected chi connectivity index (χ1v) is 5.94. The summed E-state index contributed by atoms with van der Waals surface area (Å²) in [5.74, 6) is 0. The zero-order valence-corrected chi connectivity index (χ0v) is 11.2. The van der Waals surface area contributed by atoms with E-state index < -0.39 is 0 Å². The quantitative estimate of drug-likeness (QED) is 0.860. The summed E-state index contributed by atoms with van der Waals surface area (Å²) in [7, 11) is 3.68. The first-order valence-electron chi connectivity index (χ1n) is 5.12. The maximum absolute atomic E-state index is 5.43. The van der Waals surface area contributed by atoms with E-state index in [9.17, 15) is 0 Å². The van der Waals surface area contributed by atoms with E-state index in [1.54, 1.807) is 18.4 Å². The molecule has 1 aromatic rings. The van der Waals surface area contributed by atoms with Crippen LogP contribution in [0.25, 0.3) is 0 Å². The second-order valence-corrected chi connectivity index (χ2v) is 5.22. The Kier molecular flexibility index (Phi) is 3.87. The van der Waals surface area contributed by atoms with Gasteiger partial charge in [-0.3, -0.25) is 0 Å². The number of aromatic nitrogens is 1. The monoisotopic (exact) mass is 228 g/mol. The van der Waals surface area contributed by atoms with Gasteiger partial charge in [0.15, 0.2) is 0 Å². The van der Waals surface area contributed by atoms with E-state index >= 15 is 0 Å². The molecule has 1 aromatic heterocycles. The molecule has 0 aromatic carbocycles. The zero-order chi connectivity index (χ0) is 11.6. The highest BCUT2D eigenvalue weighted by Crippen LogP contribution is 2.32. The summed E-state index contributed by atoms with van der Waals surface area (Å²) < 4.78 is 5.43. The van der Waals surface area contributed by atoms with Crippen LogP contribution in [0, 0.1) is 6.92 Å². The molecule has 1 N–H and O–H groups in total. The topological polar surface area (TPSA) is 34.1 Å².